The summed E-state index contributed by atoms with van der Waals surface area (Å²) in [6.45, 7) is 7.11. The van der Waals surface area contributed by atoms with Crippen LogP contribution in [-0.2, 0) is 0 Å². The molecule has 0 aliphatic heterocycles. The predicted octanol–water partition coefficient (Wildman–Crippen LogP) is 2.22. The summed E-state index contributed by atoms with van der Waals surface area (Å²) in [6.07, 6.45) is 9.73. The first kappa shape index (κ1) is 15.0. The van der Waals surface area contributed by atoms with Crippen LogP contribution in [0.5, 0.6) is 6.01 Å². The normalized spacial score (nSPS) is 10.3. The molecule has 1 N–H and O–H groups in total. The summed E-state index contributed by atoms with van der Waals surface area (Å²) in [7, 11) is 0. The third-order valence-electron chi connectivity index (χ3n) is 2.66. The first-order valence-electron chi connectivity index (χ1n) is 7.05. The maximum absolute atomic E-state index is 5.58. The van der Waals surface area contributed by atoms with Crippen molar-refractivity contribution in [2.75, 3.05) is 18.5 Å². The third-order valence-corrected chi connectivity index (χ3v) is 2.66. The van der Waals surface area contributed by atoms with Gasteiger partial charge < -0.3 is 10.1 Å². The van der Waals surface area contributed by atoms with Gasteiger partial charge in [-0.3, -0.25) is 4.57 Å². The average Bonchev–Trinajstić information content (AvgIpc) is 3.04. The van der Waals surface area contributed by atoms with E-state index in [1.54, 1.807) is 23.3 Å². The number of hydrogen-bond donors (Lipinski definition) is 1. The predicted molar refractivity (Wildman–Crippen MR) is 80.7 cm³/mol. The summed E-state index contributed by atoms with van der Waals surface area (Å²) >= 11 is 0. The molecule has 2 aromatic rings. The van der Waals surface area contributed by atoms with Gasteiger partial charge in [0, 0.05) is 18.9 Å². The van der Waals surface area contributed by atoms with Gasteiger partial charge >= 0.3 is 6.01 Å². The Morgan fingerprint density at radius 3 is 3.00 bits per heavy atom. The van der Waals surface area contributed by atoms with Crippen molar-refractivity contribution in [3.05, 3.63) is 31.4 Å². The standard InChI is InChI=1S/C14H20N6O/c1-3-5-6-10-21-14-18-12(16-7-4-2)17-13(19-14)20-9-8-15-11-20/h3,8-9,11H,1,4-7,10H2,2H3,(H,16,17,18,19). The van der Waals surface area contributed by atoms with Crippen LogP contribution in [0.2, 0.25) is 0 Å². The summed E-state index contributed by atoms with van der Waals surface area (Å²) < 4.78 is 7.30. The molecule has 0 aromatic carbocycles. The van der Waals surface area contributed by atoms with Crippen LogP contribution < -0.4 is 10.1 Å². The van der Waals surface area contributed by atoms with Crippen molar-refractivity contribution in [1.29, 1.82) is 0 Å². The van der Waals surface area contributed by atoms with Crippen molar-refractivity contribution in [2.24, 2.45) is 0 Å². The van der Waals surface area contributed by atoms with Crippen molar-refractivity contribution in [2.45, 2.75) is 26.2 Å². The highest BCUT2D eigenvalue weighted by atomic mass is 16.5. The van der Waals surface area contributed by atoms with Gasteiger partial charge in [0.15, 0.2) is 0 Å². The summed E-state index contributed by atoms with van der Waals surface area (Å²) in [5.41, 5.74) is 0. The second kappa shape index (κ2) is 7.98. The van der Waals surface area contributed by atoms with Gasteiger partial charge in [-0.25, -0.2) is 4.98 Å². The van der Waals surface area contributed by atoms with E-state index < -0.39 is 0 Å². The van der Waals surface area contributed by atoms with Crippen LogP contribution in [-0.4, -0.2) is 37.7 Å². The molecule has 2 heterocycles. The highest BCUT2D eigenvalue weighted by Crippen LogP contribution is 2.11. The lowest BCUT2D eigenvalue weighted by Crippen LogP contribution is -2.11. The molecular formula is C14H20N6O. The number of anilines is 1. The lowest BCUT2D eigenvalue weighted by molar-refractivity contribution is 0.287. The Kier molecular flexibility index (Phi) is 5.69. The van der Waals surface area contributed by atoms with Crippen molar-refractivity contribution in [1.82, 2.24) is 24.5 Å². The SMILES string of the molecule is C=CCCCOc1nc(NCCC)nc(-n2ccnc2)n1. The zero-order valence-electron chi connectivity index (χ0n) is 12.2. The largest absolute Gasteiger partial charge is 0.463 e. The molecule has 0 radical (unpaired) electrons. The summed E-state index contributed by atoms with van der Waals surface area (Å²) in [5.74, 6) is 0.995. The summed E-state index contributed by atoms with van der Waals surface area (Å²) in [5, 5.41) is 3.15. The van der Waals surface area contributed by atoms with Crippen molar-refractivity contribution < 1.29 is 4.74 Å². The zero-order chi connectivity index (χ0) is 14.9. The highest BCUT2D eigenvalue weighted by molar-refractivity contribution is 5.30. The quantitative estimate of drug-likeness (QED) is 0.563. The van der Waals surface area contributed by atoms with E-state index in [-0.39, 0.29) is 0 Å². The van der Waals surface area contributed by atoms with Gasteiger partial charge in [0.25, 0.3) is 0 Å². The number of aromatic nitrogens is 5. The lowest BCUT2D eigenvalue weighted by Gasteiger charge is -2.09. The van der Waals surface area contributed by atoms with Gasteiger partial charge in [0.1, 0.15) is 6.33 Å². The monoisotopic (exact) mass is 288 g/mol. The fraction of sp³-hybridized carbons (Fsp3) is 0.429. The molecule has 2 rings (SSSR count). The van der Waals surface area contributed by atoms with E-state index in [0.717, 1.165) is 25.8 Å². The molecule has 0 saturated heterocycles. The molecule has 0 unspecified atom stereocenters. The minimum atomic E-state index is 0.316. The molecule has 0 spiro atoms. The Hall–Kier alpha value is -2.44. The number of allylic oxidation sites excluding steroid dienone is 1. The van der Waals surface area contributed by atoms with E-state index in [1.807, 2.05) is 6.08 Å². The van der Waals surface area contributed by atoms with Crippen LogP contribution in [0.15, 0.2) is 31.4 Å². The Bertz CT molecular complexity index is 555. The molecule has 0 bridgehead atoms. The number of unbranched alkanes of at least 4 members (excludes halogenated alkanes) is 1. The van der Waals surface area contributed by atoms with Crippen LogP contribution in [0, 0.1) is 0 Å². The molecule has 112 valence electrons. The van der Waals surface area contributed by atoms with Gasteiger partial charge in [-0.2, -0.15) is 15.0 Å². The fourth-order valence-corrected chi connectivity index (χ4v) is 1.61. The first-order chi connectivity index (χ1) is 10.3. The molecule has 0 aliphatic rings. The van der Waals surface area contributed by atoms with E-state index in [2.05, 4.69) is 38.8 Å². The van der Waals surface area contributed by atoms with Crippen LogP contribution in [0.3, 0.4) is 0 Å². The van der Waals surface area contributed by atoms with Crippen LogP contribution >= 0.6 is 0 Å². The molecule has 0 amide bonds. The van der Waals surface area contributed by atoms with Crippen LogP contribution in [0.25, 0.3) is 5.95 Å². The number of imidazole rings is 1. The van der Waals surface area contributed by atoms with Crippen molar-refractivity contribution in [3.63, 3.8) is 0 Å². The summed E-state index contributed by atoms with van der Waals surface area (Å²) in [6, 6.07) is 0.316. The van der Waals surface area contributed by atoms with Crippen molar-refractivity contribution >= 4 is 5.95 Å². The molecular weight excluding hydrogens is 268 g/mol. The van der Waals surface area contributed by atoms with Crippen LogP contribution in [0.4, 0.5) is 5.95 Å². The Morgan fingerprint density at radius 1 is 1.38 bits per heavy atom. The van der Waals surface area contributed by atoms with Gasteiger partial charge in [-0.05, 0) is 19.3 Å². The molecule has 0 atom stereocenters. The van der Waals surface area contributed by atoms with E-state index >= 15 is 0 Å². The Balaban J connectivity index is 2.14. The minimum Gasteiger partial charge on any atom is -0.463 e. The topological polar surface area (TPSA) is 77.8 Å². The average molecular weight is 288 g/mol. The van der Waals surface area contributed by atoms with Crippen LogP contribution in [0.1, 0.15) is 26.2 Å². The van der Waals surface area contributed by atoms with Gasteiger partial charge in [0.05, 0.1) is 6.61 Å². The number of nitrogens with zero attached hydrogens (tertiary/aromatic N) is 5. The Labute approximate surface area is 124 Å². The molecule has 2 aromatic heterocycles. The first-order valence-corrected chi connectivity index (χ1v) is 7.05. The van der Waals surface area contributed by atoms with Gasteiger partial charge in [-0.15, -0.1) is 6.58 Å². The molecule has 0 aliphatic carbocycles. The van der Waals surface area contributed by atoms with E-state index in [9.17, 15) is 0 Å². The molecule has 7 nitrogen and oxygen atoms in total. The third kappa shape index (κ3) is 4.55. The summed E-state index contributed by atoms with van der Waals surface area (Å²) in [4.78, 5) is 16.9. The maximum atomic E-state index is 5.58. The molecule has 0 saturated carbocycles. The molecule has 0 fully saturated rings. The lowest BCUT2D eigenvalue weighted by atomic mass is 10.3. The van der Waals surface area contributed by atoms with Gasteiger partial charge in [-0.1, -0.05) is 13.0 Å². The van der Waals surface area contributed by atoms with E-state index in [0.29, 0.717) is 24.5 Å². The highest BCUT2D eigenvalue weighted by Gasteiger charge is 2.08. The Morgan fingerprint density at radius 2 is 2.29 bits per heavy atom. The zero-order valence-corrected chi connectivity index (χ0v) is 12.2. The number of nitrogens with one attached hydrogen (secondary N) is 1. The molecule has 7 heteroatoms. The van der Waals surface area contributed by atoms with E-state index in [1.165, 1.54) is 0 Å². The van der Waals surface area contributed by atoms with Gasteiger partial charge in [0.2, 0.25) is 11.9 Å². The minimum absolute atomic E-state index is 0.316. The van der Waals surface area contributed by atoms with Crippen molar-refractivity contribution in [3.8, 4) is 12.0 Å². The maximum Gasteiger partial charge on any atom is 0.323 e. The second-order valence-corrected chi connectivity index (χ2v) is 4.42. The fourth-order valence-electron chi connectivity index (χ4n) is 1.61. The number of rotatable bonds is 9. The smallest absolute Gasteiger partial charge is 0.323 e. The molecule has 21 heavy (non-hydrogen) atoms. The van der Waals surface area contributed by atoms with E-state index in [4.69, 9.17) is 4.74 Å². The number of hydrogen-bond acceptors (Lipinski definition) is 6. The number of ether oxygens (including phenoxy) is 1. The second-order valence-electron chi connectivity index (χ2n) is 4.42.